The summed E-state index contributed by atoms with van der Waals surface area (Å²) in [4.78, 5) is 23.8. The molecular formula is C16H24N2O4. The first-order valence-corrected chi connectivity index (χ1v) is 7.24. The summed E-state index contributed by atoms with van der Waals surface area (Å²) in [5, 5.41) is 14.3. The average Bonchev–Trinajstić information content (AvgIpc) is 2.43. The molecule has 122 valence electrons. The second-order valence-corrected chi connectivity index (χ2v) is 5.91. The quantitative estimate of drug-likeness (QED) is 0.744. The molecule has 1 aromatic carbocycles. The van der Waals surface area contributed by atoms with Crippen molar-refractivity contribution in [3.8, 4) is 0 Å². The largest absolute Gasteiger partial charge is 0.444 e. The lowest BCUT2D eigenvalue weighted by Gasteiger charge is -2.23. The van der Waals surface area contributed by atoms with Crippen LogP contribution in [0.15, 0.2) is 30.3 Å². The number of benzene rings is 1. The molecule has 0 unspecified atom stereocenters. The Morgan fingerprint density at radius 1 is 1.23 bits per heavy atom. The van der Waals surface area contributed by atoms with Crippen LogP contribution >= 0.6 is 0 Å². The first kappa shape index (κ1) is 18.0. The molecule has 0 aliphatic heterocycles. The normalized spacial score (nSPS) is 12.4. The summed E-state index contributed by atoms with van der Waals surface area (Å²) in [6.07, 6.45) is -0.555. The highest BCUT2D eigenvalue weighted by atomic mass is 16.6. The van der Waals surface area contributed by atoms with E-state index in [-0.39, 0.29) is 18.9 Å². The molecule has 6 nitrogen and oxygen atoms in total. The fourth-order valence-corrected chi connectivity index (χ4v) is 1.76. The van der Waals surface area contributed by atoms with Crippen LogP contribution < -0.4 is 10.6 Å². The first-order valence-electron chi connectivity index (χ1n) is 7.24. The average molecular weight is 308 g/mol. The van der Waals surface area contributed by atoms with Crippen LogP contribution in [0.25, 0.3) is 0 Å². The summed E-state index contributed by atoms with van der Waals surface area (Å²) < 4.78 is 5.12. The predicted molar refractivity (Wildman–Crippen MR) is 83.1 cm³/mol. The summed E-state index contributed by atoms with van der Waals surface area (Å²) in [7, 11) is 0. The molecule has 0 aromatic heterocycles. The Morgan fingerprint density at radius 3 is 2.41 bits per heavy atom. The molecule has 0 radical (unpaired) electrons. The number of carbonyl (C=O) groups is 2. The minimum atomic E-state index is -0.830. The van der Waals surface area contributed by atoms with Crippen LogP contribution in [0.5, 0.6) is 0 Å². The van der Waals surface area contributed by atoms with Crippen molar-refractivity contribution in [2.24, 2.45) is 0 Å². The van der Waals surface area contributed by atoms with E-state index in [1.165, 1.54) is 0 Å². The number of hydrogen-bond donors (Lipinski definition) is 3. The van der Waals surface area contributed by atoms with Gasteiger partial charge in [-0.25, -0.2) is 4.79 Å². The lowest BCUT2D eigenvalue weighted by Crippen LogP contribution is -2.48. The highest BCUT2D eigenvalue weighted by molar-refractivity contribution is 5.85. The number of nitrogens with one attached hydrogen (secondary N) is 2. The van der Waals surface area contributed by atoms with Crippen molar-refractivity contribution >= 4 is 12.0 Å². The molecule has 1 atom stereocenters. The molecule has 0 bridgehead atoms. The maximum atomic E-state index is 12.1. The Hall–Kier alpha value is -2.08. The van der Waals surface area contributed by atoms with Crippen LogP contribution in [-0.4, -0.2) is 35.4 Å². The zero-order chi connectivity index (χ0) is 16.6. The molecule has 0 fully saturated rings. The Kier molecular flexibility index (Phi) is 6.85. The smallest absolute Gasteiger partial charge is 0.408 e. The lowest BCUT2D eigenvalue weighted by atomic mass is 10.2. The van der Waals surface area contributed by atoms with Gasteiger partial charge >= 0.3 is 6.09 Å². The fraction of sp³-hybridized carbons (Fsp3) is 0.500. The van der Waals surface area contributed by atoms with Gasteiger partial charge in [0.15, 0.2) is 0 Å². The fourth-order valence-electron chi connectivity index (χ4n) is 1.76. The highest BCUT2D eigenvalue weighted by Gasteiger charge is 2.23. The number of amides is 2. The van der Waals surface area contributed by atoms with Gasteiger partial charge in [-0.05, 0) is 32.8 Å². The third kappa shape index (κ3) is 7.08. The topological polar surface area (TPSA) is 87.7 Å². The molecule has 0 saturated heterocycles. The standard InChI is InChI=1S/C16H24N2O4/c1-16(2,3)22-15(21)18-13(9-10-19)14(20)17-11-12-7-5-4-6-8-12/h4-8,13,19H,9-11H2,1-3H3,(H,17,20)(H,18,21)/t13-/m0/s1. The van der Waals surface area contributed by atoms with Crippen LogP contribution in [0.2, 0.25) is 0 Å². The molecule has 0 aliphatic carbocycles. The Morgan fingerprint density at radius 2 is 1.86 bits per heavy atom. The third-order valence-electron chi connectivity index (χ3n) is 2.73. The lowest BCUT2D eigenvalue weighted by molar-refractivity contribution is -0.123. The molecule has 0 heterocycles. The van der Waals surface area contributed by atoms with Crippen molar-refractivity contribution in [3.05, 3.63) is 35.9 Å². The Balaban J connectivity index is 2.54. The van der Waals surface area contributed by atoms with Crippen LogP contribution in [0, 0.1) is 0 Å². The highest BCUT2D eigenvalue weighted by Crippen LogP contribution is 2.07. The minimum Gasteiger partial charge on any atom is -0.444 e. The van der Waals surface area contributed by atoms with E-state index < -0.39 is 17.7 Å². The number of ether oxygens (including phenoxy) is 1. The van der Waals surface area contributed by atoms with E-state index in [9.17, 15) is 9.59 Å². The number of aliphatic hydroxyl groups is 1. The summed E-state index contributed by atoms with van der Waals surface area (Å²) in [5.41, 5.74) is 0.310. The number of carbonyl (C=O) groups excluding carboxylic acids is 2. The maximum Gasteiger partial charge on any atom is 0.408 e. The van der Waals surface area contributed by atoms with E-state index in [2.05, 4.69) is 10.6 Å². The number of aliphatic hydroxyl groups excluding tert-OH is 1. The second-order valence-electron chi connectivity index (χ2n) is 5.91. The molecule has 1 rings (SSSR count). The summed E-state index contributed by atoms with van der Waals surface area (Å²) >= 11 is 0. The number of hydrogen-bond acceptors (Lipinski definition) is 4. The molecule has 3 N–H and O–H groups in total. The monoisotopic (exact) mass is 308 g/mol. The number of rotatable bonds is 6. The van der Waals surface area contributed by atoms with Gasteiger partial charge in [-0.15, -0.1) is 0 Å². The SMILES string of the molecule is CC(C)(C)OC(=O)N[C@@H](CCO)C(=O)NCc1ccccc1. The van der Waals surface area contributed by atoms with E-state index in [0.717, 1.165) is 5.56 Å². The molecule has 2 amide bonds. The van der Waals surface area contributed by atoms with Crippen molar-refractivity contribution in [1.29, 1.82) is 0 Å². The van der Waals surface area contributed by atoms with E-state index >= 15 is 0 Å². The molecule has 6 heteroatoms. The van der Waals surface area contributed by atoms with E-state index in [4.69, 9.17) is 9.84 Å². The van der Waals surface area contributed by atoms with Crippen LogP contribution in [-0.2, 0) is 16.1 Å². The van der Waals surface area contributed by atoms with Gasteiger partial charge in [0, 0.05) is 13.2 Å². The zero-order valence-electron chi connectivity index (χ0n) is 13.3. The van der Waals surface area contributed by atoms with Gasteiger partial charge in [-0.1, -0.05) is 30.3 Å². The van der Waals surface area contributed by atoms with Crippen molar-refractivity contribution in [1.82, 2.24) is 10.6 Å². The van der Waals surface area contributed by atoms with Crippen molar-refractivity contribution in [2.75, 3.05) is 6.61 Å². The number of alkyl carbamates (subject to hydrolysis) is 1. The predicted octanol–water partition coefficient (Wildman–Crippen LogP) is 1.58. The summed E-state index contributed by atoms with van der Waals surface area (Å²) in [6.45, 7) is 5.37. The van der Waals surface area contributed by atoms with E-state index in [1.807, 2.05) is 30.3 Å². The van der Waals surface area contributed by atoms with Crippen molar-refractivity contribution in [3.63, 3.8) is 0 Å². The van der Waals surface area contributed by atoms with Gasteiger partial charge in [0.25, 0.3) is 0 Å². The van der Waals surface area contributed by atoms with Gasteiger partial charge in [0.2, 0.25) is 5.91 Å². The van der Waals surface area contributed by atoms with E-state index in [0.29, 0.717) is 6.54 Å². The third-order valence-corrected chi connectivity index (χ3v) is 2.73. The molecule has 1 aromatic rings. The summed E-state index contributed by atoms with van der Waals surface area (Å²) in [5.74, 6) is -0.358. The maximum absolute atomic E-state index is 12.1. The molecule has 0 aliphatic rings. The van der Waals surface area contributed by atoms with Crippen molar-refractivity contribution < 1.29 is 19.4 Å². The minimum absolute atomic E-state index is 0.125. The van der Waals surface area contributed by atoms with Gasteiger partial charge in [0.05, 0.1) is 0 Å². The van der Waals surface area contributed by atoms with Gasteiger partial charge in [-0.2, -0.15) is 0 Å². The first-order chi connectivity index (χ1) is 10.3. The van der Waals surface area contributed by atoms with E-state index in [1.54, 1.807) is 20.8 Å². The second kappa shape index (κ2) is 8.38. The molecule has 0 spiro atoms. The van der Waals surface area contributed by atoms with Crippen LogP contribution in [0.1, 0.15) is 32.8 Å². The molecule has 22 heavy (non-hydrogen) atoms. The van der Waals surface area contributed by atoms with Crippen molar-refractivity contribution in [2.45, 2.75) is 45.4 Å². The Bertz CT molecular complexity index is 483. The van der Waals surface area contributed by atoms with Crippen LogP contribution in [0.4, 0.5) is 4.79 Å². The molecular weight excluding hydrogens is 284 g/mol. The zero-order valence-corrected chi connectivity index (χ0v) is 13.3. The van der Waals surface area contributed by atoms with Gasteiger partial charge in [0.1, 0.15) is 11.6 Å². The van der Waals surface area contributed by atoms with Gasteiger partial charge < -0.3 is 20.5 Å². The summed E-state index contributed by atoms with van der Waals surface area (Å²) in [6, 6.07) is 8.61. The van der Waals surface area contributed by atoms with Gasteiger partial charge in [-0.3, -0.25) is 4.79 Å². The van der Waals surface area contributed by atoms with Crippen LogP contribution in [0.3, 0.4) is 0 Å². The molecule has 0 saturated carbocycles. The Labute approximate surface area is 130 Å².